The average molecular weight is 313 g/mol. The van der Waals surface area contributed by atoms with Gasteiger partial charge in [0.25, 0.3) is 10.0 Å². The van der Waals surface area contributed by atoms with Gasteiger partial charge in [-0.15, -0.1) is 0 Å². The maximum absolute atomic E-state index is 13.1. The first kappa shape index (κ1) is 15.3. The molecule has 0 amide bonds. The highest BCUT2D eigenvalue weighted by atomic mass is 32.2. The minimum Gasteiger partial charge on any atom is -0.263 e. The topological polar surface area (TPSA) is 72.0 Å². The van der Waals surface area contributed by atoms with Crippen LogP contribution in [0.1, 0.15) is 18.4 Å². The molecule has 1 N–H and O–H groups in total. The van der Waals surface area contributed by atoms with Crippen LogP contribution in [0.3, 0.4) is 0 Å². The van der Waals surface area contributed by atoms with E-state index in [1.807, 2.05) is 6.92 Å². The molecule has 0 spiro atoms. The lowest BCUT2D eigenvalue weighted by atomic mass is 10.3. The minimum absolute atomic E-state index is 0.0871. The SMILES string of the molecule is CCc1cc(NS(=O)(=O)c2ccc(F)c(F)c2)nc(C)n1. The van der Waals surface area contributed by atoms with Crippen LogP contribution in [0.25, 0.3) is 0 Å². The van der Waals surface area contributed by atoms with Crippen LogP contribution in [-0.2, 0) is 16.4 Å². The molecule has 1 aromatic carbocycles. The maximum Gasteiger partial charge on any atom is 0.263 e. The van der Waals surface area contributed by atoms with E-state index in [-0.39, 0.29) is 10.7 Å². The first-order valence-electron chi connectivity index (χ1n) is 6.14. The van der Waals surface area contributed by atoms with Crippen molar-refractivity contribution in [3.63, 3.8) is 0 Å². The van der Waals surface area contributed by atoms with Gasteiger partial charge in [-0.25, -0.2) is 27.2 Å². The molecule has 5 nitrogen and oxygen atoms in total. The fourth-order valence-electron chi connectivity index (χ4n) is 1.70. The second kappa shape index (κ2) is 5.72. The number of aryl methyl sites for hydroxylation is 2. The number of aromatic nitrogens is 2. The van der Waals surface area contributed by atoms with Crippen LogP contribution in [0.4, 0.5) is 14.6 Å². The number of nitrogens with one attached hydrogen (secondary N) is 1. The van der Waals surface area contributed by atoms with Crippen molar-refractivity contribution in [3.05, 3.63) is 47.4 Å². The van der Waals surface area contributed by atoms with E-state index in [0.29, 0.717) is 24.0 Å². The van der Waals surface area contributed by atoms with Crippen molar-refractivity contribution >= 4 is 15.8 Å². The predicted molar refractivity (Wildman–Crippen MR) is 73.3 cm³/mol. The highest BCUT2D eigenvalue weighted by molar-refractivity contribution is 7.92. The van der Waals surface area contributed by atoms with Crippen LogP contribution in [-0.4, -0.2) is 18.4 Å². The Balaban J connectivity index is 2.37. The summed E-state index contributed by atoms with van der Waals surface area (Å²) < 4.78 is 52.5. The predicted octanol–water partition coefficient (Wildman–Crippen LogP) is 2.43. The molecule has 1 aromatic heterocycles. The van der Waals surface area contributed by atoms with Gasteiger partial charge in [-0.05, 0) is 31.5 Å². The third kappa shape index (κ3) is 3.52. The number of hydrogen-bond acceptors (Lipinski definition) is 4. The van der Waals surface area contributed by atoms with Gasteiger partial charge in [0.2, 0.25) is 0 Å². The van der Waals surface area contributed by atoms with Gasteiger partial charge in [0, 0.05) is 11.8 Å². The molecule has 8 heteroatoms. The van der Waals surface area contributed by atoms with Crippen molar-refractivity contribution in [3.8, 4) is 0 Å². The van der Waals surface area contributed by atoms with Crippen LogP contribution < -0.4 is 4.72 Å². The molecule has 0 saturated heterocycles. The number of nitrogens with zero attached hydrogens (tertiary/aromatic N) is 2. The van der Waals surface area contributed by atoms with Gasteiger partial charge in [-0.1, -0.05) is 6.92 Å². The number of rotatable bonds is 4. The minimum atomic E-state index is -4.04. The second-order valence-electron chi connectivity index (χ2n) is 4.33. The summed E-state index contributed by atoms with van der Waals surface area (Å²) in [5.74, 6) is -1.84. The summed E-state index contributed by atoms with van der Waals surface area (Å²) in [4.78, 5) is 7.71. The van der Waals surface area contributed by atoms with Crippen molar-refractivity contribution in [2.45, 2.75) is 25.2 Å². The highest BCUT2D eigenvalue weighted by Crippen LogP contribution is 2.17. The zero-order valence-corrected chi connectivity index (χ0v) is 12.2. The Hall–Kier alpha value is -2.09. The Labute approximate surface area is 121 Å². The Morgan fingerprint density at radius 1 is 1.14 bits per heavy atom. The zero-order chi connectivity index (χ0) is 15.6. The average Bonchev–Trinajstić information content (AvgIpc) is 2.40. The van der Waals surface area contributed by atoms with Crippen LogP contribution in [0.2, 0.25) is 0 Å². The Kier molecular flexibility index (Phi) is 4.17. The monoisotopic (exact) mass is 313 g/mol. The molecule has 0 atom stereocenters. The van der Waals surface area contributed by atoms with Crippen molar-refractivity contribution < 1.29 is 17.2 Å². The highest BCUT2D eigenvalue weighted by Gasteiger charge is 2.17. The fourth-order valence-corrected chi connectivity index (χ4v) is 2.71. The molecule has 0 aliphatic carbocycles. The van der Waals surface area contributed by atoms with E-state index in [2.05, 4.69) is 14.7 Å². The molecule has 21 heavy (non-hydrogen) atoms. The molecular formula is C13H13F2N3O2S. The molecule has 0 unspecified atom stereocenters. The Bertz CT molecular complexity index is 779. The summed E-state index contributed by atoms with van der Waals surface area (Å²) in [5.41, 5.74) is 0.672. The summed E-state index contributed by atoms with van der Waals surface area (Å²) in [5, 5.41) is 0. The van der Waals surface area contributed by atoms with Gasteiger partial charge in [0.05, 0.1) is 4.90 Å². The molecular weight excluding hydrogens is 300 g/mol. The third-order valence-electron chi connectivity index (χ3n) is 2.69. The van der Waals surface area contributed by atoms with E-state index in [4.69, 9.17) is 0 Å². The quantitative estimate of drug-likeness (QED) is 0.941. The molecule has 0 fully saturated rings. The lowest BCUT2D eigenvalue weighted by Crippen LogP contribution is -2.15. The van der Waals surface area contributed by atoms with Gasteiger partial charge in [0.15, 0.2) is 11.6 Å². The summed E-state index contributed by atoms with van der Waals surface area (Å²) in [6.45, 7) is 3.50. The molecule has 2 rings (SSSR count). The molecule has 0 aliphatic rings. The van der Waals surface area contributed by atoms with Crippen LogP contribution in [0, 0.1) is 18.6 Å². The first-order chi connectivity index (χ1) is 9.81. The van der Waals surface area contributed by atoms with E-state index < -0.39 is 21.7 Å². The van der Waals surface area contributed by atoms with Crippen molar-refractivity contribution in [2.24, 2.45) is 0 Å². The Morgan fingerprint density at radius 2 is 1.86 bits per heavy atom. The first-order valence-corrected chi connectivity index (χ1v) is 7.62. The summed E-state index contributed by atoms with van der Waals surface area (Å²) in [6, 6.07) is 3.85. The number of benzene rings is 1. The fraction of sp³-hybridized carbons (Fsp3) is 0.231. The molecule has 0 radical (unpaired) electrons. The van der Waals surface area contributed by atoms with E-state index in [0.717, 1.165) is 12.1 Å². The zero-order valence-electron chi connectivity index (χ0n) is 11.4. The van der Waals surface area contributed by atoms with E-state index in [1.165, 1.54) is 6.07 Å². The van der Waals surface area contributed by atoms with Crippen LogP contribution in [0.5, 0.6) is 0 Å². The molecule has 2 aromatic rings. The standard InChI is InChI=1S/C13H13F2N3O2S/c1-3-9-6-13(17-8(2)16-9)18-21(19,20)10-4-5-11(14)12(15)7-10/h4-7H,3H2,1-2H3,(H,16,17,18). The Morgan fingerprint density at radius 3 is 2.48 bits per heavy atom. The van der Waals surface area contributed by atoms with Gasteiger partial charge in [-0.3, -0.25) is 4.72 Å². The largest absolute Gasteiger partial charge is 0.263 e. The van der Waals surface area contributed by atoms with Crippen molar-refractivity contribution in [1.29, 1.82) is 0 Å². The van der Waals surface area contributed by atoms with Gasteiger partial charge in [0.1, 0.15) is 11.6 Å². The maximum atomic E-state index is 13.1. The summed E-state index contributed by atoms with van der Waals surface area (Å²) in [7, 11) is -4.04. The molecule has 0 bridgehead atoms. The molecule has 1 heterocycles. The van der Waals surface area contributed by atoms with Crippen molar-refractivity contribution in [1.82, 2.24) is 9.97 Å². The van der Waals surface area contributed by atoms with Gasteiger partial charge < -0.3 is 0 Å². The molecule has 0 saturated carbocycles. The number of hydrogen-bond donors (Lipinski definition) is 1. The van der Waals surface area contributed by atoms with E-state index >= 15 is 0 Å². The lowest BCUT2D eigenvalue weighted by molar-refractivity contribution is 0.504. The number of sulfonamides is 1. The second-order valence-corrected chi connectivity index (χ2v) is 6.01. The lowest BCUT2D eigenvalue weighted by Gasteiger charge is -2.09. The van der Waals surface area contributed by atoms with Gasteiger partial charge in [-0.2, -0.15) is 0 Å². The van der Waals surface area contributed by atoms with Crippen LogP contribution >= 0.6 is 0 Å². The molecule has 112 valence electrons. The summed E-state index contributed by atoms with van der Waals surface area (Å²) >= 11 is 0. The number of halogens is 2. The summed E-state index contributed by atoms with van der Waals surface area (Å²) in [6.07, 6.45) is 0.614. The van der Waals surface area contributed by atoms with E-state index in [9.17, 15) is 17.2 Å². The third-order valence-corrected chi connectivity index (χ3v) is 4.05. The molecule has 0 aliphatic heterocycles. The number of anilines is 1. The van der Waals surface area contributed by atoms with Crippen LogP contribution in [0.15, 0.2) is 29.2 Å². The van der Waals surface area contributed by atoms with E-state index in [1.54, 1.807) is 6.92 Å². The van der Waals surface area contributed by atoms with Crippen molar-refractivity contribution in [2.75, 3.05) is 4.72 Å². The smallest absolute Gasteiger partial charge is 0.263 e. The van der Waals surface area contributed by atoms with Gasteiger partial charge >= 0.3 is 0 Å². The normalized spacial score (nSPS) is 11.4.